The highest BCUT2D eigenvalue weighted by molar-refractivity contribution is 7.20. The van der Waals surface area contributed by atoms with Crippen molar-refractivity contribution in [2.75, 3.05) is 18.4 Å². The van der Waals surface area contributed by atoms with E-state index in [4.69, 9.17) is 0 Å². The molecule has 0 spiro atoms. The molecule has 3 heterocycles. The first-order valence-electron chi connectivity index (χ1n) is 8.11. The topological polar surface area (TPSA) is 79.6 Å². The molecule has 2 aromatic heterocycles. The van der Waals surface area contributed by atoms with Crippen LogP contribution in [0.25, 0.3) is 4.96 Å². The highest BCUT2D eigenvalue weighted by Gasteiger charge is 2.32. The Kier molecular flexibility index (Phi) is 3.76. The molecule has 1 saturated heterocycles. The maximum absolute atomic E-state index is 12.5. The zero-order valence-corrected chi connectivity index (χ0v) is 13.6. The maximum Gasteiger partial charge on any atom is 0.275 e. The van der Waals surface area contributed by atoms with E-state index in [1.807, 2.05) is 4.90 Å². The summed E-state index contributed by atoms with van der Waals surface area (Å²) in [5, 5.41) is 8.30. The van der Waals surface area contributed by atoms with Gasteiger partial charge < -0.3 is 10.2 Å². The van der Waals surface area contributed by atoms with Crippen molar-refractivity contribution >= 4 is 27.3 Å². The van der Waals surface area contributed by atoms with Crippen molar-refractivity contribution in [3.05, 3.63) is 22.6 Å². The van der Waals surface area contributed by atoms with Gasteiger partial charge in [0, 0.05) is 37.3 Å². The van der Waals surface area contributed by atoms with Gasteiger partial charge in [0.05, 0.1) is 0 Å². The summed E-state index contributed by atoms with van der Waals surface area (Å²) in [7, 11) is 0. The first kappa shape index (κ1) is 14.6. The largest absolute Gasteiger partial charge is 0.355 e. The number of amides is 1. The van der Waals surface area contributed by atoms with Crippen LogP contribution in [0.15, 0.2) is 17.1 Å². The monoisotopic (exact) mass is 333 g/mol. The van der Waals surface area contributed by atoms with Gasteiger partial charge in [0.25, 0.3) is 5.56 Å². The smallest absolute Gasteiger partial charge is 0.275 e. The number of anilines is 1. The second kappa shape index (κ2) is 5.92. The molecule has 2 aliphatic rings. The predicted octanol–water partition coefficient (Wildman–Crippen LogP) is 1.35. The Labute approximate surface area is 137 Å². The van der Waals surface area contributed by atoms with Gasteiger partial charge in [0.1, 0.15) is 0 Å². The lowest BCUT2D eigenvalue weighted by Crippen LogP contribution is -2.35. The van der Waals surface area contributed by atoms with Crippen LogP contribution in [0.3, 0.4) is 0 Å². The van der Waals surface area contributed by atoms with Gasteiger partial charge in [-0.25, -0.2) is 4.98 Å². The van der Waals surface area contributed by atoms with Crippen LogP contribution in [0, 0.1) is 5.92 Å². The average molecular weight is 333 g/mol. The Morgan fingerprint density at radius 3 is 2.91 bits per heavy atom. The Balaban J connectivity index is 1.42. The quantitative estimate of drug-likeness (QED) is 0.917. The van der Waals surface area contributed by atoms with Crippen molar-refractivity contribution in [1.82, 2.24) is 19.5 Å². The molecule has 2 fully saturated rings. The molecule has 1 N–H and O–H groups in total. The molecular formula is C15H19N5O2S. The lowest BCUT2D eigenvalue weighted by molar-refractivity contribution is -0.134. The molecule has 0 bridgehead atoms. The molecule has 1 aliphatic carbocycles. The summed E-state index contributed by atoms with van der Waals surface area (Å²) < 4.78 is 1.31. The SMILES string of the molecule is O=C(C1CCCC1)N1CCC(Nc2nn3c(=O)ccnc3s2)C1. The third-order valence-corrected chi connectivity index (χ3v) is 5.56. The van der Waals surface area contributed by atoms with E-state index in [1.165, 1.54) is 41.0 Å². The first-order chi connectivity index (χ1) is 11.2. The molecule has 1 unspecified atom stereocenters. The number of carbonyl (C=O) groups excluding carboxylic acids is 1. The molecule has 2 aromatic rings. The van der Waals surface area contributed by atoms with E-state index in [2.05, 4.69) is 15.4 Å². The van der Waals surface area contributed by atoms with Gasteiger partial charge >= 0.3 is 0 Å². The van der Waals surface area contributed by atoms with Gasteiger partial charge in [-0.3, -0.25) is 9.59 Å². The van der Waals surface area contributed by atoms with Gasteiger partial charge in [0.15, 0.2) is 0 Å². The summed E-state index contributed by atoms with van der Waals surface area (Å²) in [6.45, 7) is 1.52. The minimum Gasteiger partial charge on any atom is -0.355 e. The third kappa shape index (κ3) is 2.83. The Bertz CT molecular complexity index is 780. The van der Waals surface area contributed by atoms with Crippen LogP contribution >= 0.6 is 11.3 Å². The first-order valence-corrected chi connectivity index (χ1v) is 8.92. The lowest BCUT2D eigenvalue weighted by atomic mass is 10.1. The van der Waals surface area contributed by atoms with Gasteiger partial charge in [-0.2, -0.15) is 4.52 Å². The van der Waals surface area contributed by atoms with Gasteiger partial charge in [-0.15, -0.1) is 5.10 Å². The van der Waals surface area contributed by atoms with E-state index in [9.17, 15) is 9.59 Å². The second-order valence-electron chi connectivity index (χ2n) is 6.28. The van der Waals surface area contributed by atoms with E-state index in [-0.39, 0.29) is 17.5 Å². The molecule has 1 aliphatic heterocycles. The lowest BCUT2D eigenvalue weighted by Gasteiger charge is -2.20. The zero-order valence-electron chi connectivity index (χ0n) is 12.8. The van der Waals surface area contributed by atoms with Crippen molar-refractivity contribution in [1.29, 1.82) is 0 Å². The summed E-state index contributed by atoms with van der Waals surface area (Å²) in [5.74, 6) is 0.549. The number of aromatic nitrogens is 3. The van der Waals surface area contributed by atoms with E-state index < -0.39 is 0 Å². The normalized spacial score (nSPS) is 22.1. The number of nitrogens with one attached hydrogen (secondary N) is 1. The summed E-state index contributed by atoms with van der Waals surface area (Å²) >= 11 is 1.36. The van der Waals surface area contributed by atoms with Gasteiger partial charge in [0.2, 0.25) is 16.0 Å². The van der Waals surface area contributed by atoms with Crippen LogP contribution in [0.4, 0.5) is 5.13 Å². The molecule has 1 atom stereocenters. The standard InChI is InChI=1S/C15H19N5O2S/c21-12-5-7-16-15-20(12)18-14(23-15)17-11-6-8-19(9-11)13(22)10-3-1-2-4-10/h5,7,10-11H,1-4,6,8-9H2,(H,17,18). The second-order valence-corrected chi connectivity index (χ2v) is 7.24. The van der Waals surface area contributed by atoms with Crippen LogP contribution in [0.2, 0.25) is 0 Å². The molecule has 4 rings (SSSR count). The highest BCUT2D eigenvalue weighted by atomic mass is 32.1. The van der Waals surface area contributed by atoms with Crippen LogP contribution in [-0.2, 0) is 4.79 Å². The highest BCUT2D eigenvalue weighted by Crippen LogP contribution is 2.28. The van der Waals surface area contributed by atoms with Crippen molar-refractivity contribution < 1.29 is 4.79 Å². The molecule has 1 amide bonds. The molecule has 122 valence electrons. The molecule has 1 saturated carbocycles. The summed E-state index contributed by atoms with van der Waals surface area (Å²) in [6, 6.07) is 1.59. The third-order valence-electron chi connectivity index (χ3n) is 4.70. The van der Waals surface area contributed by atoms with E-state index in [0.29, 0.717) is 22.5 Å². The molecule has 7 nitrogen and oxygen atoms in total. The fraction of sp³-hybridized carbons (Fsp3) is 0.600. The zero-order chi connectivity index (χ0) is 15.8. The molecular weight excluding hydrogens is 314 g/mol. The predicted molar refractivity (Wildman–Crippen MR) is 87.7 cm³/mol. The van der Waals surface area contributed by atoms with Crippen molar-refractivity contribution in [2.45, 2.75) is 38.1 Å². The number of nitrogens with zero attached hydrogens (tertiary/aromatic N) is 4. The number of likely N-dealkylation sites (tertiary alicyclic amines) is 1. The van der Waals surface area contributed by atoms with E-state index >= 15 is 0 Å². The van der Waals surface area contributed by atoms with Gasteiger partial charge in [-0.1, -0.05) is 24.2 Å². The Morgan fingerprint density at radius 1 is 1.30 bits per heavy atom. The molecule has 0 radical (unpaired) electrons. The Morgan fingerprint density at radius 2 is 2.13 bits per heavy atom. The molecule has 8 heteroatoms. The van der Waals surface area contributed by atoms with Crippen molar-refractivity contribution in [2.24, 2.45) is 5.92 Å². The minimum atomic E-state index is -0.177. The van der Waals surface area contributed by atoms with E-state index in [0.717, 1.165) is 25.8 Å². The van der Waals surface area contributed by atoms with Crippen molar-refractivity contribution in [3.63, 3.8) is 0 Å². The van der Waals surface area contributed by atoms with Crippen LogP contribution in [-0.4, -0.2) is 44.5 Å². The maximum atomic E-state index is 12.5. The molecule has 0 aromatic carbocycles. The van der Waals surface area contributed by atoms with Gasteiger partial charge in [-0.05, 0) is 19.3 Å². The molecule has 23 heavy (non-hydrogen) atoms. The number of hydrogen-bond acceptors (Lipinski definition) is 6. The fourth-order valence-corrected chi connectivity index (χ4v) is 4.34. The number of hydrogen-bond donors (Lipinski definition) is 1. The summed E-state index contributed by atoms with van der Waals surface area (Å²) in [5.41, 5.74) is -0.177. The minimum absolute atomic E-state index is 0.177. The van der Waals surface area contributed by atoms with Crippen LogP contribution < -0.4 is 10.9 Å². The van der Waals surface area contributed by atoms with E-state index in [1.54, 1.807) is 0 Å². The number of rotatable bonds is 3. The summed E-state index contributed by atoms with van der Waals surface area (Å²) in [6.07, 6.45) is 6.85. The van der Waals surface area contributed by atoms with Crippen LogP contribution in [0.1, 0.15) is 32.1 Å². The number of fused-ring (bicyclic) bond motifs is 1. The summed E-state index contributed by atoms with van der Waals surface area (Å²) in [4.78, 5) is 30.9. The number of carbonyl (C=O) groups is 1. The van der Waals surface area contributed by atoms with Crippen molar-refractivity contribution in [3.8, 4) is 0 Å². The Hall–Kier alpha value is -1.96. The average Bonchev–Trinajstić information content (AvgIpc) is 3.27. The fourth-order valence-electron chi connectivity index (χ4n) is 3.49. The van der Waals surface area contributed by atoms with Crippen LogP contribution in [0.5, 0.6) is 0 Å².